The Labute approximate surface area is 136 Å². The predicted molar refractivity (Wildman–Crippen MR) is 97.5 cm³/mol. The number of hydrogen-bond acceptors (Lipinski definition) is 2. The van der Waals surface area contributed by atoms with E-state index >= 15 is 0 Å². The molecule has 4 atom stereocenters. The van der Waals surface area contributed by atoms with Crippen LogP contribution in [0.25, 0.3) is 27.6 Å². The molecule has 2 fully saturated rings. The lowest BCUT2D eigenvalue weighted by atomic mass is 9.76. The molecule has 0 aromatic heterocycles. The molecule has 1 spiro atoms. The minimum absolute atomic E-state index is 0.305. The molecular formula is C20H12S2. The van der Waals surface area contributed by atoms with Gasteiger partial charge in [-0.05, 0) is 37.9 Å². The summed E-state index contributed by atoms with van der Waals surface area (Å²) in [6, 6.07) is 13.7. The Bertz CT molecular complexity index is 1100. The fourth-order valence-corrected chi connectivity index (χ4v) is 8.18. The normalized spacial score (nSPS) is 35.7. The van der Waals surface area contributed by atoms with Crippen LogP contribution < -0.4 is 5.22 Å². The van der Waals surface area contributed by atoms with Crippen molar-refractivity contribution in [2.75, 3.05) is 0 Å². The van der Waals surface area contributed by atoms with E-state index in [1.54, 1.807) is 11.1 Å². The van der Waals surface area contributed by atoms with Gasteiger partial charge in [0, 0.05) is 15.7 Å². The molecule has 2 heteroatoms. The van der Waals surface area contributed by atoms with Crippen LogP contribution in [0.4, 0.5) is 0 Å². The Balaban J connectivity index is 1.85. The van der Waals surface area contributed by atoms with E-state index in [-0.39, 0.29) is 0 Å². The fourth-order valence-electron chi connectivity index (χ4n) is 4.87. The quantitative estimate of drug-likeness (QED) is 0.558. The van der Waals surface area contributed by atoms with Crippen molar-refractivity contribution in [3.63, 3.8) is 0 Å². The Kier molecular flexibility index (Phi) is 1.66. The second-order valence-corrected chi connectivity index (χ2v) is 9.53. The fraction of sp³-hybridized carbons (Fsp3) is 0.200. The highest BCUT2D eigenvalue weighted by Crippen LogP contribution is 2.79. The molecule has 2 saturated heterocycles. The molecule has 2 aliphatic heterocycles. The molecule has 0 N–H and O–H groups in total. The molecule has 3 aromatic rings. The summed E-state index contributed by atoms with van der Waals surface area (Å²) in [5.41, 5.74) is 3.32. The third-order valence-corrected chi connectivity index (χ3v) is 9.00. The minimum atomic E-state index is 0.305. The number of hydrogen-bond donors (Lipinski definition) is 0. The van der Waals surface area contributed by atoms with Crippen molar-refractivity contribution in [1.82, 2.24) is 0 Å². The summed E-state index contributed by atoms with van der Waals surface area (Å²) in [4.78, 5) is 0. The van der Waals surface area contributed by atoms with Gasteiger partial charge in [-0.15, -0.1) is 23.5 Å². The first-order valence-corrected chi connectivity index (χ1v) is 9.71. The third-order valence-electron chi connectivity index (χ3n) is 5.82. The summed E-state index contributed by atoms with van der Waals surface area (Å²) in [5.74, 6) is 0. The van der Waals surface area contributed by atoms with Gasteiger partial charge < -0.3 is 0 Å². The van der Waals surface area contributed by atoms with Gasteiger partial charge in [0.05, 0.1) is 4.75 Å². The predicted octanol–water partition coefficient (Wildman–Crippen LogP) is 4.54. The van der Waals surface area contributed by atoms with Crippen LogP contribution in [0.15, 0.2) is 48.6 Å². The average Bonchev–Trinajstić information content (AvgIpc) is 3.43. The highest BCUT2D eigenvalue weighted by Gasteiger charge is 2.70. The summed E-state index contributed by atoms with van der Waals surface area (Å²) >= 11 is 4.39. The van der Waals surface area contributed by atoms with Crippen molar-refractivity contribution in [1.29, 1.82) is 0 Å². The minimum Gasteiger partial charge on any atom is -0.146 e. The number of benzene rings is 3. The molecule has 0 nitrogen and oxygen atoms in total. The van der Waals surface area contributed by atoms with E-state index in [0.717, 1.165) is 15.7 Å². The van der Waals surface area contributed by atoms with Gasteiger partial charge in [0.2, 0.25) is 0 Å². The van der Waals surface area contributed by atoms with Crippen LogP contribution in [-0.4, -0.2) is 10.5 Å². The molecule has 0 saturated carbocycles. The van der Waals surface area contributed by atoms with Crippen LogP contribution in [-0.2, 0) is 4.75 Å². The first-order valence-electron chi connectivity index (χ1n) is 7.89. The Morgan fingerprint density at radius 2 is 1.86 bits per heavy atom. The zero-order valence-electron chi connectivity index (χ0n) is 11.7. The number of allylic oxidation sites excluding steroid dienone is 1. The second kappa shape index (κ2) is 3.27. The maximum Gasteiger partial charge on any atom is 0.0734 e. The van der Waals surface area contributed by atoms with Crippen LogP contribution in [0.3, 0.4) is 0 Å². The summed E-state index contributed by atoms with van der Waals surface area (Å²) in [5, 5.41) is 9.76. The van der Waals surface area contributed by atoms with Crippen molar-refractivity contribution in [2.24, 2.45) is 0 Å². The van der Waals surface area contributed by atoms with Gasteiger partial charge in [0.1, 0.15) is 0 Å². The second-order valence-electron chi connectivity index (χ2n) is 6.79. The summed E-state index contributed by atoms with van der Waals surface area (Å²) < 4.78 is 0.305. The number of thioether (sulfide) groups is 2. The highest BCUT2D eigenvalue weighted by molar-refractivity contribution is 8.13. The van der Waals surface area contributed by atoms with E-state index in [4.69, 9.17) is 0 Å². The monoisotopic (exact) mass is 316 g/mol. The standard InChI is InChI=1S/C20H12S2/c1-4-10-5-2-7-13-14(10)11(6-1)12-8-3-9-20-16(12)15(13)17-18(21-17)19(20)22-20/h1-9,17-19H. The van der Waals surface area contributed by atoms with E-state index in [0.29, 0.717) is 4.75 Å². The van der Waals surface area contributed by atoms with Gasteiger partial charge in [-0.1, -0.05) is 54.6 Å². The maximum absolute atomic E-state index is 2.48. The number of rotatable bonds is 0. The zero-order chi connectivity index (χ0) is 14.1. The summed E-state index contributed by atoms with van der Waals surface area (Å²) in [6.45, 7) is 0. The van der Waals surface area contributed by atoms with Gasteiger partial charge >= 0.3 is 0 Å². The van der Waals surface area contributed by atoms with Gasteiger partial charge in [-0.25, -0.2) is 0 Å². The average molecular weight is 316 g/mol. The topological polar surface area (TPSA) is 0 Å². The van der Waals surface area contributed by atoms with Crippen LogP contribution >= 0.6 is 23.5 Å². The molecule has 0 amide bonds. The van der Waals surface area contributed by atoms with Crippen LogP contribution in [0.5, 0.6) is 0 Å². The summed E-state index contributed by atoms with van der Waals surface area (Å²) in [7, 11) is 0. The lowest BCUT2D eigenvalue weighted by molar-refractivity contribution is 0.735. The first kappa shape index (κ1) is 11.2. The van der Waals surface area contributed by atoms with E-state index in [9.17, 15) is 0 Å². The molecular weight excluding hydrogens is 304 g/mol. The van der Waals surface area contributed by atoms with Crippen LogP contribution in [0.1, 0.15) is 16.4 Å². The van der Waals surface area contributed by atoms with Crippen LogP contribution in [0, 0.1) is 0 Å². The Hall–Kier alpha value is -1.38. The van der Waals surface area contributed by atoms with E-state index in [1.165, 1.54) is 26.8 Å². The molecule has 4 aliphatic rings. The molecule has 2 aliphatic carbocycles. The van der Waals surface area contributed by atoms with Gasteiger partial charge in [0.15, 0.2) is 0 Å². The molecule has 0 radical (unpaired) electrons. The van der Waals surface area contributed by atoms with Crippen molar-refractivity contribution in [3.8, 4) is 0 Å². The van der Waals surface area contributed by atoms with E-state index in [2.05, 4.69) is 78.2 Å². The molecule has 22 heavy (non-hydrogen) atoms. The molecule has 2 heterocycles. The Morgan fingerprint density at radius 3 is 2.77 bits per heavy atom. The van der Waals surface area contributed by atoms with Crippen molar-refractivity contribution < 1.29 is 0 Å². The van der Waals surface area contributed by atoms with Crippen LogP contribution in [0.2, 0.25) is 0 Å². The lowest BCUT2D eigenvalue weighted by Gasteiger charge is -2.26. The largest absolute Gasteiger partial charge is 0.146 e. The molecule has 104 valence electrons. The van der Waals surface area contributed by atoms with Gasteiger partial charge in [-0.2, -0.15) is 0 Å². The van der Waals surface area contributed by atoms with E-state index in [1.807, 2.05) is 0 Å². The van der Waals surface area contributed by atoms with E-state index < -0.39 is 0 Å². The summed E-state index contributed by atoms with van der Waals surface area (Å²) in [6.07, 6.45) is 7.14. The van der Waals surface area contributed by atoms with Gasteiger partial charge in [-0.3, -0.25) is 0 Å². The van der Waals surface area contributed by atoms with Crippen molar-refractivity contribution in [2.45, 2.75) is 20.5 Å². The Morgan fingerprint density at radius 1 is 1.00 bits per heavy atom. The van der Waals surface area contributed by atoms with Crippen molar-refractivity contribution in [3.05, 3.63) is 64.9 Å². The lowest BCUT2D eigenvalue weighted by Crippen LogP contribution is -2.30. The molecule has 7 rings (SSSR count). The smallest absolute Gasteiger partial charge is 0.0734 e. The molecule has 3 aromatic carbocycles. The SMILES string of the molecule is C1=CC23SC2C2SC2c2c3c(c3cccc4cccc2c43)=C1. The third kappa shape index (κ3) is 1.04. The maximum atomic E-state index is 2.48. The zero-order valence-corrected chi connectivity index (χ0v) is 13.4. The van der Waals surface area contributed by atoms with Crippen molar-refractivity contribution >= 4 is 51.1 Å². The molecule has 4 unspecified atom stereocenters. The first-order chi connectivity index (χ1) is 10.9. The number of fused-ring (bicyclic) bond motifs is 5. The van der Waals surface area contributed by atoms with Gasteiger partial charge in [0.25, 0.3) is 0 Å². The molecule has 0 bridgehead atoms. The highest BCUT2D eigenvalue weighted by atomic mass is 32.2.